The Bertz CT molecular complexity index is 505. The summed E-state index contributed by atoms with van der Waals surface area (Å²) >= 11 is 2.31. The Morgan fingerprint density at radius 3 is 2.53 bits per heavy atom. The van der Waals surface area contributed by atoms with Crippen molar-refractivity contribution >= 4 is 33.9 Å². The molecule has 1 nitrogen and oxygen atoms in total. The van der Waals surface area contributed by atoms with E-state index in [1.54, 1.807) is 0 Å². The molecule has 2 aromatic carbocycles. The molecule has 0 amide bonds. The topological polar surface area (TPSA) is 12.0 Å². The molecule has 0 heterocycles. The maximum Gasteiger partial charge on any atom is 0.0400 e. The van der Waals surface area contributed by atoms with Crippen LogP contribution < -0.4 is 5.32 Å². The SMILES string of the molecule is C=C(CNc1cccc(I)c1)c1ccccc1. The van der Waals surface area contributed by atoms with E-state index < -0.39 is 0 Å². The monoisotopic (exact) mass is 335 g/mol. The van der Waals surface area contributed by atoms with E-state index in [1.165, 1.54) is 9.13 Å². The van der Waals surface area contributed by atoms with Gasteiger partial charge in [-0.2, -0.15) is 0 Å². The van der Waals surface area contributed by atoms with E-state index in [4.69, 9.17) is 0 Å². The Kier molecular flexibility index (Phi) is 4.20. The van der Waals surface area contributed by atoms with Crippen molar-refractivity contribution in [1.82, 2.24) is 0 Å². The van der Waals surface area contributed by atoms with E-state index in [0.717, 1.165) is 17.8 Å². The van der Waals surface area contributed by atoms with Gasteiger partial charge in [-0.05, 0) is 51.9 Å². The molecule has 0 aromatic heterocycles. The maximum atomic E-state index is 4.10. The van der Waals surface area contributed by atoms with Crippen LogP contribution in [0.1, 0.15) is 5.56 Å². The van der Waals surface area contributed by atoms with Gasteiger partial charge in [-0.15, -0.1) is 0 Å². The first-order valence-electron chi connectivity index (χ1n) is 5.48. The Morgan fingerprint density at radius 1 is 1.06 bits per heavy atom. The van der Waals surface area contributed by atoms with Gasteiger partial charge in [-0.1, -0.05) is 43.0 Å². The van der Waals surface area contributed by atoms with E-state index in [2.05, 4.69) is 70.9 Å². The molecule has 86 valence electrons. The first-order chi connectivity index (χ1) is 8.25. The Balaban J connectivity index is 1.97. The summed E-state index contributed by atoms with van der Waals surface area (Å²) in [6.45, 7) is 4.87. The fourth-order valence-corrected chi connectivity index (χ4v) is 2.13. The van der Waals surface area contributed by atoms with E-state index in [1.807, 2.05) is 18.2 Å². The Hall–Kier alpha value is -1.29. The molecule has 1 N–H and O–H groups in total. The van der Waals surface area contributed by atoms with Gasteiger partial charge in [0.05, 0.1) is 0 Å². The van der Waals surface area contributed by atoms with Gasteiger partial charge in [0.15, 0.2) is 0 Å². The number of benzene rings is 2. The van der Waals surface area contributed by atoms with Gasteiger partial charge in [0.1, 0.15) is 0 Å². The predicted molar refractivity (Wildman–Crippen MR) is 83.1 cm³/mol. The van der Waals surface area contributed by atoms with Crippen LogP contribution in [0.5, 0.6) is 0 Å². The molecular formula is C15H14IN. The van der Waals surface area contributed by atoms with Crippen LogP contribution in [0.15, 0.2) is 61.2 Å². The summed E-state index contributed by atoms with van der Waals surface area (Å²) in [5, 5.41) is 3.38. The van der Waals surface area contributed by atoms with Crippen molar-refractivity contribution in [2.75, 3.05) is 11.9 Å². The highest BCUT2D eigenvalue weighted by Gasteiger charge is 1.98. The quantitative estimate of drug-likeness (QED) is 0.816. The lowest BCUT2D eigenvalue weighted by Gasteiger charge is -2.09. The summed E-state index contributed by atoms with van der Waals surface area (Å²) in [4.78, 5) is 0. The highest BCUT2D eigenvalue weighted by Crippen LogP contribution is 2.15. The van der Waals surface area contributed by atoms with Gasteiger partial charge in [-0.3, -0.25) is 0 Å². The van der Waals surface area contributed by atoms with E-state index in [9.17, 15) is 0 Å². The number of nitrogens with one attached hydrogen (secondary N) is 1. The zero-order chi connectivity index (χ0) is 12.1. The van der Waals surface area contributed by atoms with E-state index in [-0.39, 0.29) is 0 Å². The molecule has 2 rings (SSSR count). The van der Waals surface area contributed by atoms with Gasteiger partial charge >= 0.3 is 0 Å². The zero-order valence-electron chi connectivity index (χ0n) is 9.49. The van der Waals surface area contributed by atoms with Crippen molar-refractivity contribution in [1.29, 1.82) is 0 Å². The summed E-state index contributed by atoms with van der Waals surface area (Å²) in [5.74, 6) is 0. The van der Waals surface area contributed by atoms with Gasteiger partial charge in [0.25, 0.3) is 0 Å². The lowest BCUT2D eigenvalue weighted by Crippen LogP contribution is -2.03. The number of halogens is 1. The third-order valence-corrected chi connectivity index (χ3v) is 3.18. The first-order valence-corrected chi connectivity index (χ1v) is 6.56. The average molecular weight is 335 g/mol. The second-order valence-electron chi connectivity index (χ2n) is 3.83. The molecule has 2 aromatic rings. The summed E-state index contributed by atoms with van der Waals surface area (Å²) in [6.07, 6.45) is 0. The van der Waals surface area contributed by atoms with Crippen LogP contribution in [-0.2, 0) is 0 Å². The Morgan fingerprint density at radius 2 is 1.82 bits per heavy atom. The van der Waals surface area contributed by atoms with E-state index in [0.29, 0.717) is 0 Å². The second kappa shape index (κ2) is 5.87. The van der Waals surface area contributed by atoms with Crippen LogP contribution in [0.25, 0.3) is 5.57 Å². The van der Waals surface area contributed by atoms with Crippen LogP contribution in [0, 0.1) is 3.57 Å². The molecule has 17 heavy (non-hydrogen) atoms. The van der Waals surface area contributed by atoms with Crippen LogP contribution >= 0.6 is 22.6 Å². The van der Waals surface area contributed by atoms with Gasteiger partial charge in [0.2, 0.25) is 0 Å². The minimum atomic E-state index is 0.768. The minimum Gasteiger partial charge on any atom is -0.381 e. The molecule has 0 saturated heterocycles. The molecule has 0 fully saturated rings. The summed E-state index contributed by atoms with van der Waals surface area (Å²) in [6, 6.07) is 18.6. The summed E-state index contributed by atoms with van der Waals surface area (Å²) < 4.78 is 1.23. The average Bonchev–Trinajstić information content (AvgIpc) is 2.37. The van der Waals surface area contributed by atoms with Gasteiger partial charge in [0, 0.05) is 15.8 Å². The van der Waals surface area contributed by atoms with Crippen LogP contribution in [0.4, 0.5) is 5.69 Å². The summed E-state index contributed by atoms with van der Waals surface area (Å²) in [7, 11) is 0. The molecule has 0 aliphatic heterocycles. The molecule has 0 saturated carbocycles. The predicted octanol–water partition coefficient (Wildman–Crippen LogP) is 4.42. The van der Waals surface area contributed by atoms with Crippen molar-refractivity contribution in [3.8, 4) is 0 Å². The standard InChI is InChI=1S/C15H14IN/c1-12(13-6-3-2-4-7-13)11-17-15-9-5-8-14(16)10-15/h2-10,17H,1,11H2. The molecule has 0 aliphatic rings. The lowest BCUT2D eigenvalue weighted by atomic mass is 10.1. The van der Waals surface area contributed by atoms with Crippen molar-refractivity contribution < 1.29 is 0 Å². The minimum absolute atomic E-state index is 0.768. The molecular weight excluding hydrogens is 321 g/mol. The molecule has 2 heteroatoms. The molecule has 0 spiro atoms. The van der Waals surface area contributed by atoms with Crippen LogP contribution in [0.3, 0.4) is 0 Å². The number of rotatable bonds is 4. The maximum absolute atomic E-state index is 4.10. The van der Waals surface area contributed by atoms with E-state index >= 15 is 0 Å². The molecule has 0 unspecified atom stereocenters. The zero-order valence-corrected chi connectivity index (χ0v) is 11.6. The highest BCUT2D eigenvalue weighted by molar-refractivity contribution is 14.1. The van der Waals surface area contributed by atoms with Gasteiger partial charge in [-0.25, -0.2) is 0 Å². The third kappa shape index (κ3) is 3.60. The van der Waals surface area contributed by atoms with Crippen molar-refractivity contribution in [3.63, 3.8) is 0 Å². The molecule has 0 atom stereocenters. The van der Waals surface area contributed by atoms with Crippen LogP contribution in [0.2, 0.25) is 0 Å². The molecule has 0 radical (unpaired) electrons. The van der Waals surface area contributed by atoms with Crippen molar-refractivity contribution in [3.05, 3.63) is 70.3 Å². The third-order valence-electron chi connectivity index (χ3n) is 2.51. The fourth-order valence-electron chi connectivity index (χ4n) is 1.58. The molecule has 0 bridgehead atoms. The Labute approximate surface area is 116 Å². The largest absolute Gasteiger partial charge is 0.381 e. The van der Waals surface area contributed by atoms with Crippen molar-refractivity contribution in [2.24, 2.45) is 0 Å². The van der Waals surface area contributed by atoms with Gasteiger partial charge < -0.3 is 5.32 Å². The smallest absolute Gasteiger partial charge is 0.0400 e. The normalized spacial score (nSPS) is 9.94. The van der Waals surface area contributed by atoms with Crippen LogP contribution in [-0.4, -0.2) is 6.54 Å². The highest BCUT2D eigenvalue weighted by atomic mass is 127. The fraction of sp³-hybridized carbons (Fsp3) is 0.0667. The number of hydrogen-bond donors (Lipinski definition) is 1. The molecule has 0 aliphatic carbocycles. The number of anilines is 1. The first kappa shape index (κ1) is 12.2. The van der Waals surface area contributed by atoms with Crippen molar-refractivity contribution in [2.45, 2.75) is 0 Å². The lowest BCUT2D eigenvalue weighted by molar-refractivity contribution is 1.34. The second-order valence-corrected chi connectivity index (χ2v) is 5.08. The summed E-state index contributed by atoms with van der Waals surface area (Å²) in [5.41, 5.74) is 3.42. The number of hydrogen-bond acceptors (Lipinski definition) is 1.